The van der Waals surface area contributed by atoms with E-state index < -0.39 is 29.4 Å². The van der Waals surface area contributed by atoms with Crippen LogP contribution in [0.25, 0.3) is 16.0 Å². The summed E-state index contributed by atoms with van der Waals surface area (Å²) in [5.41, 5.74) is -1.65. The Bertz CT molecular complexity index is 1350. The molecular weight excluding hydrogens is 469 g/mol. The number of rotatable bonds is 4. The van der Waals surface area contributed by atoms with Crippen molar-refractivity contribution in [3.05, 3.63) is 64.0 Å². The number of carbonyl (C=O) groups excluding carboxylic acids is 2. The van der Waals surface area contributed by atoms with Crippen LogP contribution in [0.3, 0.4) is 0 Å². The van der Waals surface area contributed by atoms with E-state index in [4.69, 9.17) is 11.6 Å². The van der Waals surface area contributed by atoms with Gasteiger partial charge in [0.15, 0.2) is 11.5 Å². The van der Waals surface area contributed by atoms with Crippen molar-refractivity contribution in [3.63, 3.8) is 0 Å². The zero-order valence-corrected chi connectivity index (χ0v) is 17.6. The number of amides is 2. The van der Waals surface area contributed by atoms with Crippen LogP contribution >= 0.6 is 22.9 Å². The first-order valence-corrected chi connectivity index (χ1v) is 10.1. The molecule has 0 bridgehead atoms. The normalized spacial score (nSPS) is 11.5. The average Bonchev–Trinajstić information content (AvgIpc) is 3.36. The number of nitrogens with one attached hydrogen (secondary N) is 2. The highest BCUT2D eigenvalue weighted by Crippen LogP contribution is 2.35. The standard InChI is InChI=1S/C19H12ClF3N6O2S/c1-24-17(31)14-13(9-4-2-7-26-18(9)32-14)27-16(30)11-8-12(19(21,22)23)28-29(11)15-10(20)5-3-6-25-15/h2-8H,1H3,(H,24,31)(H,27,30). The van der Waals surface area contributed by atoms with E-state index in [0.717, 1.165) is 11.3 Å². The molecule has 4 aromatic rings. The summed E-state index contributed by atoms with van der Waals surface area (Å²) in [7, 11) is 1.42. The zero-order chi connectivity index (χ0) is 23.0. The van der Waals surface area contributed by atoms with Crippen LogP contribution in [0.4, 0.5) is 18.9 Å². The molecular formula is C19H12ClF3N6O2S. The van der Waals surface area contributed by atoms with Gasteiger partial charge in [0.25, 0.3) is 11.8 Å². The monoisotopic (exact) mass is 480 g/mol. The van der Waals surface area contributed by atoms with Crippen molar-refractivity contribution in [3.8, 4) is 5.82 Å². The Hall–Kier alpha value is -3.51. The first-order chi connectivity index (χ1) is 15.2. The summed E-state index contributed by atoms with van der Waals surface area (Å²) in [6, 6.07) is 6.72. The fourth-order valence-electron chi connectivity index (χ4n) is 2.88. The third-order valence-corrected chi connectivity index (χ3v) is 5.72. The molecule has 13 heteroatoms. The van der Waals surface area contributed by atoms with Crippen molar-refractivity contribution in [2.75, 3.05) is 12.4 Å². The van der Waals surface area contributed by atoms with Crippen LogP contribution in [-0.2, 0) is 6.18 Å². The van der Waals surface area contributed by atoms with Gasteiger partial charge >= 0.3 is 6.18 Å². The number of nitrogens with zero attached hydrogens (tertiary/aromatic N) is 4. The Balaban J connectivity index is 1.84. The van der Waals surface area contributed by atoms with Gasteiger partial charge in [0, 0.05) is 30.9 Å². The molecule has 8 nitrogen and oxygen atoms in total. The molecule has 4 rings (SSSR count). The van der Waals surface area contributed by atoms with Gasteiger partial charge in [-0.05, 0) is 24.3 Å². The van der Waals surface area contributed by atoms with Crippen LogP contribution in [0.15, 0.2) is 42.7 Å². The summed E-state index contributed by atoms with van der Waals surface area (Å²) in [6.45, 7) is 0. The van der Waals surface area contributed by atoms with Crippen molar-refractivity contribution in [1.29, 1.82) is 0 Å². The molecule has 0 saturated carbocycles. The van der Waals surface area contributed by atoms with Gasteiger partial charge in [0.2, 0.25) is 0 Å². The fraction of sp³-hybridized carbons (Fsp3) is 0.105. The average molecular weight is 481 g/mol. The molecule has 0 atom stereocenters. The summed E-state index contributed by atoms with van der Waals surface area (Å²) in [5, 5.41) is 8.94. The van der Waals surface area contributed by atoms with E-state index in [1.165, 1.54) is 31.6 Å². The minimum absolute atomic E-state index is 0.00499. The topological polar surface area (TPSA) is 102 Å². The number of hydrogen-bond donors (Lipinski definition) is 2. The third kappa shape index (κ3) is 3.89. The highest BCUT2D eigenvalue weighted by Gasteiger charge is 2.37. The molecule has 0 fully saturated rings. The van der Waals surface area contributed by atoms with Gasteiger partial charge in [-0.25, -0.2) is 14.6 Å². The van der Waals surface area contributed by atoms with Gasteiger partial charge < -0.3 is 10.6 Å². The van der Waals surface area contributed by atoms with Gasteiger partial charge in [0.05, 0.1) is 10.7 Å². The molecule has 32 heavy (non-hydrogen) atoms. The van der Waals surface area contributed by atoms with E-state index in [-0.39, 0.29) is 21.4 Å². The number of carbonyl (C=O) groups is 2. The number of anilines is 1. The number of aromatic nitrogens is 4. The maximum absolute atomic E-state index is 13.3. The maximum atomic E-state index is 13.3. The number of pyridine rings is 2. The van der Waals surface area contributed by atoms with Crippen LogP contribution in [0.2, 0.25) is 5.02 Å². The second-order valence-electron chi connectivity index (χ2n) is 6.33. The molecule has 0 aliphatic rings. The summed E-state index contributed by atoms with van der Waals surface area (Å²) in [4.78, 5) is 34.1. The molecule has 0 unspecified atom stereocenters. The molecule has 0 saturated heterocycles. The Morgan fingerprint density at radius 1 is 1.12 bits per heavy atom. The second kappa shape index (κ2) is 8.20. The molecule has 4 heterocycles. The quantitative estimate of drug-likeness (QED) is 0.456. The van der Waals surface area contributed by atoms with Gasteiger partial charge in [-0.1, -0.05) is 11.6 Å². The Morgan fingerprint density at radius 3 is 2.53 bits per heavy atom. The Kier molecular flexibility index (Phi) is 5.57. The van der Waals surface area contributed by atoms with Crippen molar-refractivity contribution in [2.45, 2.75) is 6.18 Å². The molecule has 0 radical (unpaired) electrons. The largest absolute Gasteiger partial charge is 0.435 e. The Labute approximate surface area is 187 Å². The Morgan fingerprint density at radius 2 is 1.84 bits per heavy atom. The van der Waals surface area contributed by atoms with Gasteiger partial charge in [-0.15, -0.1) is 11.3 Å². The lowest BCUT2D eigenvalue weighted by molar-refractivity contribution is -0.141. The summed E-state index contributed by atoms with van der Waals surface area (Å²) in [6.07, 6.45) is -1.99. The van der Waals surface area contributed by atoms with E-state index in [1.54, 1.807) is 12.1 Å². The lowest BCUT2D eigenvalue weighted by Crippen LogP contribution is -2.21. The lowest BCUT2D eigenvalue weighted by Gasteiger charge is -2.09. The van der Waals surface area contributed by atoms with Crippen LogP contribution in [-0.4, -0.2) is 38.6 Å². The minimum Gasteiger partial charge on any atom is -0.354 e. The molecule has 2 N–H and O–H groups in total. The van der Waals surface area contributed by atoms with Crippen molar-refractivity contribution < 1.29 is 22.8 Å². The third-order valence-electron chi connectivity index (χ3n) is 4.31. The summed E-state index contributed by atoms with van der Waals surface area (Å²) >= 11 is 7.10. The smallest absolute Gasteiger partial charge is 0.354 e. The molecule has 4 aromatic heterocycles. The maximum Gasteiger partial charge on any atom is 0.435 e. The number of fused-ring (bicyclic) bond motifs is 1. The number of hydrogen-bond acceptors (Lipinski definition) is 6. The van der Waals surface area contributed by atoms with Crippen LogP contribution in [0.5, 0.6) is 0 Å². The van der Waals surface area contributed by atoms with Crippen molar-refractivity contribution in [2.24, 2.45) is 0 Å². The molecule has 0 aromatic carbocycles. The lowest BCUT2D eigenvalue weighted by atomic mass is 10.2. The predicted octanol–water partition coefficient (Wildman–Crippen LogP) is 4.16. The van der Waals surface area contributed by atoms with E-state index in [9.17, 15) is 22.8 Å². The van der Waals surface area contributed by atoms with Gasteiger partial charge in [-0.3, -0.25) is 9.59 Å². The van der Waals surface area contributed by atoms with Crippen LogP contribution in [0.1, 0.15) is 25.9 Å². The van der Waals surface area contributed by atoms with E-state index in [0.29, 0.717) is 21.0 Å². The molecule has 0 spiro atoms. The first-order valence-electron chi connectivity index (χ1n) is 8.89. The summed E-state index contributed by atoms with van der Waals surface area (Å²) < 4.78 is 40.7. The van der Waals surface area contributed by atoms with Crippen molar-refractivity contribution >= 4 is 50.7 Å². The second-order valence-corrected chi connectivity index (χ2v) is 7.74. The molecule has 0 aliphatic carbocycles. The van der Waals surface area contributed by atoms with Crippen molar-refractivity contribution in [1.82, 2.24) is 25.1 Å². The molecule has 0 aliphatic heterocycles. The number of alkyl halides is 3. The minimum atomic E-state index is -4.81. The summed E-state index contributed by atoms with van der Waals surface area (Å²) in [5.74, 6) is -1.58. The predicted molar refractivity (Wildman–Crippen MR) is 112 cm³/mol. The van der Waals surface area contributed by atoms with E-state index >= 15 is 0 Å². The fourth-order valence-corrected chi connectivity index (χ4v) is 4.13. The number of halogens is 4. The van der Waals surface area contributed by atoms with Crippen LogP contribution in [0, 0.1) is 0 Å². The van der Waals surface area contributed by atoms with Crippen LogP contribution < -0.4 is 10.6 Å². The molecule has 2 amide bonds. The zero-order valence-electron chi connectivity index (χ0n) is 16.1. The first kappa shape index (κ1) is 21.7. The number of thiophene rings is 1. The van der Waals surface area contributed by atoms with E-state index in [1.807, 2.05) is 0 Å². The van der Waals surface area contributed by atoms with Gasteiger partial charge in [-0.2, -0.15) is 18.3 Å². The SMILES string of the molecule is CNC(=O)c1sc2ncccc2c1NC(=O)c1cc(C(F)(F)F)nn1-c1ncccc1Cl. The van der Waals surface area contributed by atoms with Gasteiger partial charge in [0.1, 0.15) is 15.4 Å². The molecule has 164 valence electrons. The van der Waals surface area contributed by atoms with E-state index in [2.05, 4.69) is 25.7 Å². The highest BCUT2D eigenvalue weighted by molar-refractivity contribution is 7.21. The highest BCUT2D eigenvalue weighted by atomic mass is 35.5.